The number of urea groups is 1. The first kappa shape index (κ1) is 18.8. The molecule has 0 fully saturated rings. The molecule has 0 unspecified atom stereocenters. The van der Waals surface area contributed by atoms with Crippen molar-refractivity contribution >= 4 is 28.3 Å². The summed E-state index contributed by atoms with van der Waals surface area (Å²) >= 11 is 0. The summed E-state index contributed by atoms with van der Waals surface area (Å²) in [6.45, 7) is 1.60. The number of anilines is 2. The SMILES string of the molecule is Cn1ccc2cc(NC(=O)Nc3ccc(CNCc4ccccc4)cc3)ccc21. The first-order chi connectivity index (χ1) is 14.2. The topological polar surface area (TPSA) is 58.1 Å². The van der Waals surface area contributed by atoms with Gasteiger partial charge in [0.1, 0.15) is 0 Å². The molecule has 29 heavy (non-hydrogen) atoms. The minimum absolute atomic E-state index is 0.254. The summed E-state index contributed by atoms with van der Waals surface area (Å²) in [6, 6.07) is 25.8. The summed E-state index contributed by atoms with van der Waals surface area (Å²) in [5.41, 5.74) is 5.09. The first-order valence-electron chi connectivity index (χ1n) is 9.64. The van der Waals surface area contributed by atoms with Crippen LogP contribution in [0.4, 0.5) is 16.2 Å². The quantitative estimate of drug-likeness (QED) is 0.432. The molecule has 0 radical (unpaired) electrons. The van der Waals surface area contributed by atoms with Crippen LogP contribution < -0.4 is 16.0 Å². The van der Waals surface area contributed by atoms with Gasteiger partial charge in [-0.3, -0.25) is 0 Å². The van der Waals surface area contributed by atoms with E-state index in [0.717, 1.165) is 35.4 Å². The van der Waals surface area contributed by atoms with Crippen molar-refractivity contribution in [3.05, 3.63) is 96.2 Å². The van der Waals surface area contributed by atoms with Crippen molar-refractivity contribution < 1.29 is 4.79 Å². The third kappa shape index (κ3) is 4.83. The molecule has 0 saturated carbocycles. The zero-order valence-electron chi connectivity index (χ0n) is 16.4. The Morgan fingerprint density at radius 2 is 1.45 bits per heavy atom. The summed E-state index contributed by atoms with van der Waals surface area (Å²) in [7, 11) is 2.00. The standard InChI is InChI=1S/C24H24N4O/c1-28-14-13-20-15-22(11-12-23(20)28)27-24(29)26-21-9-7-19(8-10-21)17-25-16-18-5-3-2-4-6-18/h2-15,25H,16-17H2,1H3,(H2,26,27,29). The molecular weight excluding hydrogens is 360 g/mol. The zero-order chi connectivity index (χ0) is 20.1. The summed E-state index contributed by atoms with van der Waals surface area (Å²) in [5, 5.41) is 10.3. The van der Waals surface area contributed by atoms with Crippen molar-refractivity contribution in [2.24, 2.45) is 7.05 Å². The van der Waals surface area contributed by atoms with Crippen LogP contribution in [-0.4, -0.2) is 10.6 Å². The molecule has 0 aliphatic heterocycles. The maximum Gasteiger partial charge on any atom is 0.323 e. The van der Waals surface area contributed by atoms with Gasteiger partial charge >= 0.3 is 6.03 Å². The molecular formula is C24H24N4O. The fourth-order valence-electron chi connectivity index (χ4n) is 3.31. The van der Waals surface area contributed by atoms with Crippen LogP contribution in [0.5, 0.6) is 0 Å². The van der Waals surface area contributed by atoms with Gasteiger partial charge in [-0.1, -0.05) is 42.5 Å². The van der Waals surface area contributed by atoms with Crippen LogP contribution in [0.25, 0.3) is 10.9 Å². The van der Waals surface area contributed by atoms with Crippen LogP contribution in [0, 0.1) is 0 Å². The lowest BCUT2D eigenvalue weighted by atomic mass is 10.2. The third-order valence-electron chi connectivity index (χ3n) is 4.86. The summed E-state index contributed by atoms with van der Waals surface area (Å²) in [4.78, 5) is 12.3. The summed E-state index contributed by atoms with van der Waals surface area (Å²) in [6.07, 6.45) is 2.00. The first-order valence-corrected chi connectivity index (χ1v) is 9.64. The number of nitrogens with zero attached hydrogens (tertiary/aromatic N) is 1. The molecule has 5 nitrogen and oxygen atoms in total. The van der Waals surface area contributed by atoms with E-state index in [1.807, 2.05) is 80.0 Å². The molecule has 2 amide bonds. The molecule has 0 saturated heterocycles. The minimum atomic E-state index is -0.254. The molecule has 0 aliphatic carbocycles. The normalized spacial score (nSPS) is 10.8. The maximum atomic E-state index is 12.3. The minimum Gasteiger partial charge on any atom is -0.351 e. The van der Waals surface area contributed by atoms with Crippen molar-refractivity contribution in [1.82, 2.24) is 9.88 Å². The van der Waals surface area contributed by atoms with Crippen molar-refractivity contribution in [3.8, 4) is 0 Å². The van der Waals surface area contributed by atoms with E-state index < -0.39 is 0 Å². The Morgan fingerprint density at radius 3 is 2.21 bits per heavy atom. The number of amides is 2. The van der Waals surface area contributed by atoms with Gasteiger partial charge in [0.05, 0.1) is 0 Å². The van der Waals surface area contributed by atoms with Crippen LogP contribution >= 0.6 is 0 Å². The van der Waals surface area contributed by atoms with Crippen molar-refractivity contribution in [1.29, 1.82) is 0 Å². The molecule has 3 aromatic carbocycles. The van der Waals surface area contributed by atoms with Gasteiger partial charge in [0, 0.05) is 48.6 Å². The predicted octanol–water partition coefficient (Wildman–Crippen LogP) is 5.11. The fraction of sp³-hybridized carbons (Fsp3) is 0.125. The molecule has 4 aromatic rings. The van der Waals surface area contributed by atoms with Crippen molar-refractivity contribution in [2.75, 3.05) is 10.6 Å². The number of hydrogen-bond acceptors (Lipinski definition) is 2. The number of fused-ring (bicyclic) bond motifs is 1. The molecule has 4 rings (SSSR count). The second kappa shape index (κ2) is 8.63. The number of nitrogens with one attached hydrogen (secondary N) is 3. The number of benzene rings is 3. The van der Waals surface area contributed by atoms with Gasteiger partial charge < -0.3 is 20.5 Å². The Bertz CT molecular complexity index is 1100. The van der Waals surface area contributed by atoms with Gasteiger partial charge in [0.25, 0.3) is 0 Å². The van der Waals surface area contributed by atoms with Crippen LogP contribution in [0.1, 0.15) is 11.1 Å². The van der Waals surface area contributed by atoms with Gasteiger partial charge in [-0.2, -0.15) is 0 Å². The number of aromatic nitrogens is 1. The predicted molar refractivity (Wildman–Crippen MR) is 119 cm³/mol. The average Bonchev–Trinajstić information content (AvgIpc) is 3.10. The zero-order valence-corrected chi connectivity index (χ0v) is 16.4. The number of carbonyl (C=O) groups is 1. The van der Waals surface area contributed by atoms with Crippen LogP contribution in [0.3, 0.4) is 0 Å². The monoisotopic (exact) mass is 384 g/mol. The van der Waals surface area contributed by atoms with Gasteiger partial charge in [0.15, 0.2) is 0 Å². The second-order valence-corrected chi connectivity index (χ2v) is 7.07. The molecule has 3 N–H and O–H groups in total. The second-order valence-electron chi connectivity index (χ2n) is 7.07. The van der Waals surface area contributed by atoms with E-state index in [0.29, 0.717) is 0 Å². The highest BCUT2D eigenvalue weighted by atomic mass is 16.2. The van der Waals surface area contributed by atoms with Gasteiger partial charge in [-0.05, 0) is 47.5 Å². The molecule has 0 bridgehead atoms. The summed E-state index contributed by atoms with van der Waals surface area (Å²) in [5.74, 6) is 0. The Morgan fingerprint density at radius 1 is 0.793 bits per heavy atom. The summed E-state index contributed by atoms with van der Waals surface area (Å²) < 4.78 is 2.05. The smallest absolute Gasteiger partial charge is 0.323 e. The molecule has 1 aromatic heterocycles. The van der Waals surface area contributed by atoms with E-state index >= 15 is 0 Å². The van der Waals surface area contributed by atoms with Crippen LogP contribution in [-0.2, 0) is 20.1 Å². The van der Waals surface area contributed by atoms with E-state index in [1.54, 1.807) is 0 Å². The lowest BCUT2D eigenvalue weighted by Crippen LogP contribution is -2.19. The van der Waals surface area contributed by atoms with Crippen molar-refractivity contribution in [2.45, 2.75) is 13.1 Å². The molecule has 5 heteroatoms. The Balaban J connectivity index is 1.28. The Hall–Kier alpha value is -3.57. The Kier molecular flexibility index (Phi) is 5.59. The van der Waals surface area contributed by atoms with E-state index in [2.05, 4.69) is 32.7 Å². The highest BCUT2D eigenvalue weighted by molar-refractivity contribution is 6.01. The lowest BCUT2D eigenvalue weighted by Gasteiger charge is -2.09. The number of hydrogen-bond donors (Lipinski definition) is 3. The van der Waals surface area contributed by atoms with Gasteiger partial charge in [-0.15, -0.1) is 0 Å². The maximum absolute atomic E-state index is 12.3. The highest BCUT2D eigenvalue weighted by Crippen LogP contribution is 2.20. The van der Waals surface area contributed by atoms with Crippen molar-refractivity contribution in [3.63, 3.8) is 0 Å². The molecule has 0 aliphatic rings. The van der Waals surface area contributed by atoms with Gasteiger partial charge in [-0.25, -0.2) is 4.79 Å². The number of carbonyl (C=O) groups excluding carboxylic acids is 1. The Labute approximate surface area is 170 Å². The lowest BCUT2D eigenvalue weighted by molar-refractivity contribution is 0.262. The largest absolute Gasteiger partial charge is 0.351 e. The number of rotatable bonds is 6. The molecule has 146 valence electrons. The number of aryl methyl sites for hydroxylation is 1. The highest BCUT2D eigenvalue weighted by Gasteiger charge is 2.05. The molecule has 0 atom stereocenters. The fourth-order valence-corrected chi connectivity index (χ4v) is 3.31. The van der Waals surface area contributed by atoms with E-state index in [4.69, 9.17) is 0 Å². The average molecular weight is 384 g/mol. The van der Waals surface area contributed by atoms with Crippen LogP contribution in [0.15, 0.2) is 85.1 Å². The van der Waals surface area contributed by atoms with E-state index in [9.17, 15) is 4.79 Å². The van der Waals surface area contributed by atoms with E-state index in [1.165, 1.54) is 11.1 Å². The molecule has 1 heterocycles. The third-order valence-corrected chi connectivity index (χ3v) is 4.86. The molecule has 0 spiro atoms. The van der Waals surface area contributed by atoms with Gasteiger partial charge in [0.2, 0.25) is 0 Å². The van der Waals surface area contributed by atoms with Crippen LogP contribution in [0.2, 0.25) is 0 Å². The van der Waals surface area contributed by atoms with E-state index in [-0.39, 0.29) is 6.03 Å².